The molecule has 1 heterocycles. The first-order valence-electron chi connectivity index (χ1n) is 9.14. The molecule has 11 heteroatoms. The van der Waals surface area contributed by atoms with E-state index in [0.717, 1.165) is 0 Å². The molecule has 164 valence electrons. The van der Waals surface area contributed by atoms with Crippen molar-refractivity contribution in [2.24, 2.45) is 4.99 Å². The van der Waals surface area contributed by atoms with Crippen LogP contribution in [0.4, 0.5) is 4.39 Å². The SMILES string of the molecule is CN=C(NCCC(=O)NC1CCS(=O)(=O)C1)NCC(C)Oc1ccccc1F.I. The topological polar surface area (TPSA) is 109 Å². The molecule has 1 saturated heterocycles. The average molecular weight is 542 g/mol. The second-order valence-corrected chi connectivity index (χ2v) is 8.88. The Balaban J connectivity index is 0.00000420. The fourth-order valence-corrected chi connectivity index (χ4v) is 4.44. The minimum absolute atomic E-state index is 0. The van der Waals surface area contributed by atoms with Crippen LogP contribution in [0.5, 0.6) is 5.75 Å². The van der Waals surface area contributed by atoms with Crippen LogP contribution in [-0.2, 0) is 14.6 Å². The second kappa shape index (κ2) is 12.2. The van der Waals surface area contributed by atoms with Gasteiger partial charge in [0.1, 0.15) is 6.10 Å². The number of hydrogen-bond donors (Lipinski definition) is 3. The van der Waals surface area contributed by atoms with E-state index in [-0.39, 0.29) is 65.7 Å². The summed E-state index contributed by atoms with van der Waals surface area (Å²) < 4.78 is 41.9. The molecular formula is C18H28FIN4O4S. The number of hydrogen-bond acceptors (Lipinski definition) is 5. The van der Waals surface area contributed by atoms with E-state index in [1.165, 1.54) is 6.07 Å². The molecular weight excluding hydrogens is 514 g/mol. The lowest BCUT2D eigenvalue weighted by Crippen LogP contribution is -2.43. The van der Waals surface area contributed by atoms with Crippen LogP contribution in [0.15, 0.2) is 29.3 Å². The van der Waals surface area contributed by atoms with Gasteiger partial charge >= 0.3 is 0 Å². The van der Waals surface area contributed by atoms with Crippen LogP contribution in [0, 0.1) is 5.82 Å². The number of ether oxygens (including phenoxy) is 1. The Morgan fingerprint density at radius 3 is 2.69 bits per heavy atom. The highest BCUT2D eigenvalue weighted by Crippen LogP contribution is 2.16. The molecule has 1 fully saturated rings. The van der Waals surface area contributed by atoms with E-state index in [2.05, 4.69) is 20.9 Å². The van der Waals surface area contributed by atoms with Crippen LogP contribution in [0.3, 0.4) is 0 Å². The highest BCUT2D eigenvalue weighted by Gasteiger charge is 2.28. The maximum absolute atomic E-state index is 13.6. The summed E-state index contributed by atoms with van der Waals surface area (Å²) in [6.07, 6.45) is 0.353. The summed E-state index contributed by atoms with van der Waals surface area (Å²) in [6.45, 7) is 2.53. The van der Waals surface area contributed by atoms with Gasteiger partial charge in [0.25, 0.3) is 0 Å². The molecule has 0 bridgehead atoms. The van der Waals surface area contributed by atoms with Crippen LogP contribution in [0.1, 0.15) is 19.8 Å². The van der Waals surface area contributed by atoms with E-state index in [0.29, 0.717) is 25.5 Å². The molecule has 0 aromatic heterocycles. The fourth-order valence-electron chi connectivity index (χ4n) is 2.76. The molecule has 8 nitrogen and oxygen atoms in total. The molecule has 0 radical (unpaired) electrons. The normalized spacial score (nSPS) is 19.0. The first kappa shape index (κ1) is 25.4. The minimum atomic E-state index is -3.01. The minimum Gasteiger partial charge on any atom is -0.486 e. The van der Waals surface area contributed by atoms with Gasteiger partial charge in [0.05, 0.1) is 18.1 Å². The predicted molar refractivity (Wildman–Crippen MR) is 121 cm³/mol. The molecule has 2 unspecified atom stereocenters. The smallest absolute Gasteiger partial charge is 0.222 e. The zero-order valence-electron chi connectivity index (χ0n) is 16.5. The third-order valence-electron chi connectivity index (χ3n) is 4.19. The van der Waals surface area contributed by atoms with Crippen LogP contribution < -0.4 is 20.7 Å². The molecule has 1 aliphatic heterocycles. The number of guanidine groups is 1. The first-order valence-corrected chi connectivity index (χ1v) is 11.0. The Bertz CT molecular complexity index is 807. The summed E-state index contributed by atoms with van der Waals surface area (Å²) in [6, 6.07) is 5.89. The Labute approximate surface area is 188 Å². The highest BCUT2D eigenvalue weighted by atomic mass is 127. The van der Waals surface area contributed by atoms with E-state index in [1.807, 2.05) is 0 Å². The number of para-hydroxylation sites is 1. The number of sulfone groups is 1. The Hall–Kier alpha value is -1.63. The van der Waals surface area contributed by atoms with Gasteiger partial charge in [-0.25, -0.2) is 12.8 Å². The van der Waals surface area contributed by atoms with E-state index in [1.54, 1.807) is 32.2 Å². The number of carbonyl (C=O) groups is 1. The Morgan fingerprint density at radius 1 is 1.34 bits per heavy atom. The quantitative estimate of drug-likeness (QED) is 0.258. The van der Waals surface area contributed by atoms with Gasteiger partial charge in [-0.15, -0.1) is 24.0 Å². The molecule has 29 heavy (non-hydrogen) atoms. The molecule has 0 aliphatic carbocycles. The Kier molecular flexibility index (Phi) is 10.6. The van der Waals surface area contributed by atoms with E-state index in [4.69, 9.17) is 4.74 Å². The number of benzene rings is 1. The standard InChI is InChI=1S/C18H27FN4O4S.HI/c1-13(27-16-6-4-3-5-15(16)19)11-22-18(20-2)21-9-7-17(24)23-14-8-10-28(25,26)12-14;/h3-6,13-14H,7-12H2,1-2H3,(H,23,24)(H2,20,21,22);1H. The summed E-state index contributed by atoms with van der Waals surface area (Å²) in [5.41, 5.74) is 0. The summed E-state index contributed by atoms with van der Waals surface area (Å²) in [4.78, 5) is 16.0. The summed E-state index contributed by atoms with van der Waals surface area (Å²) in [5.74, 6) is 0.180. The van der Waals surface area contributed by atoms with Crippen molar-refractivity contribution in [1.82, 2.24) is 16.0 Å². The van der Waals surface area contributed by atoms with Gasteiger partial charge in [-0.3, -0.25) is 9.79 Å². The number of carbonyl (C=O) groups excluding carboxylic acids is 1. The molecule has 1 aromatic carbocycles. The first-order chi connectivity index (χ1) is 13.3. The number of nitrogens with one attached hydrogen (secondary N) is 3. The van der Waals surface area contributed by atoms with Crippen LogP contribution in [-0.4, -0.2) is 64.1 Å². The van der Waals surface area contributed by atoms with Crippen molar-refractivity contribution in [2.45, 2.75) is 31.9 Å². The number of amides is 1. The van der Waals surface area contributed by atoms with Crippen molar-refractivity contribution in [3.8, 4) is 5.75 Å². The van der Waals surface area contributed by atoms with Crippen molar-refractivity contribution >= 4 is 45.7 Å². The summed E-state index contributed by atoms with van der Waals surface area (Å²) in [7, 11) is -1.42. The maximum atomic E-state index is 13.6. The van der Waals surface area contributed by atoms with Gasteiger partial charge < -0.3 is 20.7 Å². The Morgan fingerprint density at radius 2 is 2.07 bits per heavy atom. The number of aliphatic imine (C=N–C) groups is 1. The molecule has 0 saturated carbocycles. The second-order valence-electron chi connectivity index (χ2n) is 6.66. The van der Waals surface area contributed by atoms with Crippen molar-refractivity contribution in [2.75, 3.05) is 31.6 Å². The lowest BCUT2D eigenvalue weighted by molar-refractivity contribution is -0.121. The van der Waals surface area contributed by atoms with Crippen molar-refractivity contribution in [1.29, 1.82) is 0 Å². The van der Waals surface area contributed by atoms with Crippen molar-refractivity contribution < 1.29 is 22.3 Å². The van der Waals surface area contributed by atoms with E-state index >= 15 is 0 Å². The molecule has 1 aromatic rings. The van der Waals surface area contributed by atoms with Crippen LogP contribution >= 0.6 is 24.0 Å². The predicted octanol–water partition coefficient (Wildman–Crippen LogP) is 1.07. The van der Waals surface area contributed by atoms with E-state index in [9.17, 15) is 17.6 Å². The van der Waals surface area contributed by atoms with Gasteiger partial charge in [-0.05, 0) is 25.5 Å². The molecule has 3 N–H and O–H groups in total. The highest BCUT2D eigenvalue weighted by molar-refractivity contribution is 14.0. The zero-order chi connectivity index (χ0) is 20.6. The van der Waals surface area contributed by atoms with E-state index < -0.39 is 15.7 Å². The molecule has 1 aliphatic rings. The van der Waals surface area contributed by atoms with Crippen LogP contribution in [0.25, 0.3) is 0 Å². The third kappa shape index (κ3) is 9.15. The van der Waals surface area contributed by atoms with Crippen molar-refractivity contribution in [3.05, 3.63) is 30.1 Å². The molecule has 1 amide bonds. The number of nitrogens with zero attached hydrogens (tertiary/aromatic N) is 1. The van der Waals surface area contributed by atoms with Gasteiger partial charge in [-0.2, -0.15) is 0 Å². The van der Waals surface area contributed by atoms with Crippen molar-refractivity contribution in [3.63, 3.8) is 0 Å². The van der Waals surface area contributed by atoms with Gasteiger partial charge in [-0.1, -0.05) is 12.1 Å². The fraction of sp³-hybridized carbons (Fsp3) is 0.556. The van der Waals surface area contributed by atoms with Crippen LogP contribution in [0.2, 0.25) is 0 Å². The van der Waals surface area contributed by atoms with Gasteiger partial charge in [0, 0.05) is 26.1 Å². The maximum Gasteiger partial charge on any atom is 0.222 e. The largest absolute Gasteiger partial charge is 0.486 e. The lowest BCUT2D eigenvalue weighted by Gasteiger charge is -2.18. The monoisotopic (exact) mass is 542 g/mol. The summed E-state index contributed by atoms with van der Waals surface area (Å²) >= 11 is 0. The van der Waals surface area contributed by atoms with Gasteiger partial charge in [0.2, 0.25) is 5.91 Å². The average Bonchev–Trinajstić information content (AvgIpc) is 2.98. The number of halogens is 2. The van der Waals surface area contributed by atoms with Gasteiger partial charge in [0.15, 0.2) is 27.4 Å². The zero-order valence-corrected chi connectivity index (χ0v) is 19.6. The molecule has 2 atom stereocenters. The lowest BCUT2D eigenvalue weighted by atomic mass is 10.2. The summed E-state index contributed by atoms with van der Waals surface area (Å²) in [5, 5.41) is 8.78. The third-order valence-corrected chi connectivity index (χ3v) is 5.96. The molecule has 2 rings (SSSR count). The molecule has 0 spiro atoms. The number of rotatable bonds is 8.